The summed E-state index contributed by atoms with van der Waals surface area (Å²) in [6.45, 7) is 3.43. The quantitative estimate of drug-likeness (QED) is 0.703. The molecule has 0 bridgehead atoms. The number of carbonyl (C=O) groups is 2. The lowest BCUT2D eigenvalue weighted by Crippen LogP contribution is -2.38. The van der Waals surface area contributed by atoms with Crippen LogP contribution in [0.2, 0.25) is 0 Å². The first kappa shape index (κ1) is 17.2. The number of nitrogens with two attached hydrogens (primary N) is 1. The molecule has 1 rings (SSSR count). The van der Waals surface area contributed by atoms with Gasteiger partial charge >= 0.3 is 5.97 Å². The van der Waals surface area contributed by atoms with Crippen molar-refractivity contribution in [3.8, 4) is 0 Å². The average molecular weight is 317 g/mol. The van der Waals surface area contributed by atoms with Gasteiger partial charge in [0.15, 0.2) is 0 Å². The van der Waals surface area contributed by atoms with E-state index in [1.807, 2.05) is 6.92 Å². The molecule has 21 heavy (non-hydrogen) atoms. The molecule has 1 aromatic rings. The number of likely N-dealkylation sites (N-methyl/N-ethyl adjacent to an activating group) is 1. The van der Waals surface area contributed by atoms with Crippen LogP contribution in [0.1, 0.15) is 30.8 Å². The van der Waals surface area contributed by atoms with Crippen LogP contribution in [0.4, 0.5) is 0 Å². The Labute approximate surface area is 123 Å². The van der Waals surface area contributed by atoms with E-state index >= 15 is 0 Å². The Kier molecular flexibility index (Phi) is 5.50. The summed E-state index contributed by atoms with van der Waals surface area (Å²) in [7, 11) is -3.95. The third-order valence-corrected chi connectivity index (χ3v) is 4.76. The molecule has 1 aromatic heterocycles. The minimum atomic E-state index is -3.95. The summed E-state index contributed by atoms with van der Waals surface area (Å²) in [6, 6.07) is 1.09. The van der Waals surface area contributed by atoms with Gasteiger partial charge in [0.25, 0.3) is 0 Å². The first-order chi connectivity index (χ1) is 9.73. The Hall–Kier alpha value is -1.87. The van der Waals surface area contributed by atoms with E-state index in [1.54, 1.807) is 6.92 Å². The van der Waals surface area contributed by atoms with E-state index in [0.29, 0.717) is 13.0 Å². The smallest absolute Gasteiger partial charge is 0.352 e. The fourth-order valence-electron chi connectivity index (χ4n) is 1.92. The summed E-state index contributed by atoms with van der Waals surface area (Å²) < 4.78 is 27.1. The fourth-order valence-corrected chi connectivity index (χ4v) is 3.38. The van der Waals surface area contributed by atoms with Gasteiger partial charge in [-0.2, -0.15) is 4.31 Å². The second kappa shape index (κ2) is 6.72. The number of aromatic nitrogens is 1. The highest BCUT2D eigenvalue weighted by atomic mass is 32.2. The van der Waals surface area contributed by atoms with E-state index in [2.05, 4.69) is 0 Å². The van der Waals surface area contributed by atoms with Gasteiger partial charge in [-0.05, 0) is 12.5 Å². The van der Waals surface area contributed by atoms with Crippen LogP contribution in [0.5, 0.6) is 0 Å². The van der Waals surface area contributed by atoms with E-state index in [4.69, 9.17) is 10.8 Å². The highest BCUT2D eigenvalue weighted by Gasteiger charge is 2.27. The van der Waals surface area contributed by atoms with Crippen LogP contribution < -0.4 is 5.73 Å². The number of hydrogen-bond acceptors (Lipinski definition) is 4. The van der Waals surface area contributed by atoms with Crippen molar-refractivity contribution in [1.82, 2.24) is 8.87 Å². The zero-order valence-corrected chi connectivity index (χ0v) is 12.8. The van der Waals surface area contributed by atoms with E-state index in [-0.39, 0.29) is 17.1 Å². The predicted octanol–water partition coefficient (Wildman–Crippen LogP) is 0.0922. The molecule has 1 amide bonds. The minimum absolute atomic E-state index is 0.0621. The molecule has 0 saturated heterocycles. The van der Waals surface area contributed by atoms with Crippen LogP contribution in [-0.2, 0) is 21.4 Å². The maximum absolute atomic E-state index is 12.4. The highest BCUT2D eigenvalue weighted by Crippen LogP contribution is 2.19. The number of aryl methyl sites for hydroxylation is 1. The molecule has 0 aliphatic rings. The average Bonchev–Trinajstić information content (AvgIpc) is 2.80. The van der Waals surface area contributed by atoms with Gasteiger partial charge in [0.2, 0.25) is 15.9 Å². The molecule has 0 fully saturated rings. The Morgan fingerprint density at radius 3 is 2.43 bits per heavy atom. The largest absolute Gasteiger partial charge is 0.477 e. The highest BCUT2D eigenvalue weighted by molar-refractivity contribution is 7.89. The number of aromatic carboxylic acids is 1. The molecule has 0 saturated carbocycles. The van der Waals surface area contributed by atoms with E-state index < -0.39 is 28.4 Å². The van der Waals surface area contributed by atoms with E-state index in [0.717, 1.165) is 10.4 Å². The molecule has 118 valence electrons. The van der Waals surface area contributed by atoms with Gasteiger partial charge in [-0.3, -0.25) is 4.79 Å². The SMILES string of the molecule is CCCn1cc(S(=O)(=O)N(CC)CC(N)=O)cc1C(=O)O. The summed E-state index contributed by atoms with van der Waals surface area (Å²) in [6.07, 6.45) is 1.93. The lowest BCUT2D eigenvalue weighted by Gasteiger charge is -2.17. The number of carboxylic acids is 1. The number of hydrogen-bond donors (Lipinski definition) is 2. The Bertz CT molecular complexity index is 635. The Morgan fingerprint density at radius 2 is 2.00 bits per heavy atom. The third-order valence-electron chi connectivity index (χ3n) is 2.88. The van der Waals surface area contributed by atoms with Crippen LogP contribution in [0, 0.1) is 0 Å². The molecule has 0 atom stereocenters. The van der Waals surface area contributed by atoms with E-state index in [1.165, 1.54) is 10.8 Å². The topological polar surface area (TPSA) is 123 Å². The van der Waals surface area contributed by atoms with Crippen LogP contribution in [0.3, 0.4) is 0 Å². The molecular formula is C12H19N3O5S. The zero-order valence-electron chi connectivity index (χ0n) is 11.9. The van der Waals surface area contributed by atoms with Gasteiger partial charge < -0.3 is 15.4 Å². The summed E-state index contributed by atoms with van der Waals surface area (Å²) in [4.78, 5) is 21.9. The number of carbonyl (C=O) groups excluding carboxylic acids is 1. The Morgan fingerprint density at radius 1 is 1.38 bits per heavy atom. The van der Waals surface area contributed by atoms with Crippen molar-refractivity contribution in [2.45, 2.75) is 31.7 Å². The molecule has 9 heteroatoms. The number of rotatable bonds is 8. The van der Waals surface area contributed by atoms with Crippen molar-refractivity contribution >= 4 is 21.9 Å². The molecule has 1 heterocycles. The molecule has 8 nitrogen and oxygen atoms in total. The molecule has 0 aliphatic carbocycles. The number of amides is 1. The summed E-state index contributed by atoms with van der Waals surface area (Å²) in [5.74, 6) is -1.98. The Balaban J connectivity index is 3.27. The third kappa shape index (κ3) is 3.82. The van der Waals surface area contributed by atoms with Crippen molar-refractivity contribution in [3.63, 3.8) is 0 Å². The summed E-state index contributed by atoms with van der Waals surface area (Å²) in [5.41, 5.74) is 4.92. The van der Waals surface area contributed by atoms with Crippen LogP contribution in [0.15, 0.2) is 17.2 Å². The van der Waals surface area contributed by atoms with Gasteiger partial charge in [0.1, 0.15) is 10.6 Å². The monoisotopic (exact) mass is 317 g/mol. The molecular weight excluding hydrogens is 298 g/mol. The molecule has 0 aromatic carbocycles. The minimum Gasteiger partial charge on any atom is -0.477 e. The van der Waals surface area contributed by atoms with Crippen LogP contribution in [0.25, 0.3) is 0 Å². The second-order valence-corrected chi connectivity index (χ2v) is 6.40. The van der Waals surface area contributed by atoms with E-state index in [9.17, 15) is 18.0 Å². The lowest BCUT2D eigenvalue weighted by molar-refractivity contribution is -0.118. The molecule has 0 unspecified atom stereocenters. The number of primary amides is 1. The van der Waals surface area contributed by atoms with Gasteiger partial charge in [0, 0.05) is 19.3 Å². The molecule has 3 N–H and O–H groups in total. The van der Waals surface area contributed by atoms with Crippen molar-refractivity contribution in [3.05, 3.63) is 18.0 Å². The first-order valence-corrected chi connectivity index (χ1v) is 7.89. The molecule has 0 spiro atoms. The summed E-state index contributed by atoms with van der Waals surface area (Å²) >= 11 is 0. The second-order valence-electron chi connectivity index (χ2n) is 4.46. The van der Waals surface area contributed by atoms with Crippen molar-refractivity contribution < 1.29 is 23.1 Å². The van der Waals surface area contributed by atoms with Crippen molar-refractivity contribution in [1.29, 1.82) is 0 Å². The standard InChI is InChI=1S/C12H19N3O5S/c1-3-5-14-7-9(6-10(14)12(17)18)21(19,20)15(4-2)8-11(13)16/h6-7H,3-5,8H2,1-2H3,(H2,13,16)(H,17,18). The number of nitrogens with zero attached hydrogens (tertiary/aromatic N) is 2. The van der Waals surface area contributed by atoms with Crippen molar-refractivity contribution in [2.75, 3.05) is 13.1 Å². The van der Waals surface area contributed by atoms with Gasteiger partial charge in [0.05, 0.1) is 6.54 Å². The number of carboxylic acid groups (broad SMARTS) is 1. The first-order valence-electron chi connectivity index (χ1n) is 6.45. The number of sulfonamides is 1. The predicted molar refractivity (Wildman–Crippen MR) is 75.3 cm³/mol. The van der Waals surface area contributed by atoms with Gasteiger partial charge in [-0.15, -0.1) is 0 Å². The van der Waals surface area contributed by atoms with Gasteiger partial charge in [-0.25, -0.2) is 13.2 Å². The van der Waals surface area contributed by atoms with Crippen molar-refractivity contribution in [2.24, 2.45) is 5.73 Å². The summed E-state index contributed by atoms with van der Waals surface area (Å²) in [5, 5.41) is 9.11. The fraction of sp³-hybridized carbons (Fsp3) is 0.500. The molecule has 0 aliphatic heterocycles. The maximum atomic E-state index is 12.4. The molecule has 0 radical (unpaired) electrons. The van der Waals surface area contributed by atoms with Crippen LogP contribution >= 0.6 is 0 Å². The van der Waals surface area contributed by atoms with Gasteiger partial charge in [-0.1, -0.05) is 13.8 Å². The maximum Gasteiger partial charge on any atom is 0.352 e. The lowest BCUT2D eigenvalue weighted by atomic mass is 10.4. The zero-order chi connectivity index (χ0) is 16.2. The van der Waals surface area contributed by atoms with Crippen LogP contribution in [-0.4, -0.2) is 47.4 Å². The normalized spacial score (nSPS) is 11.8.